The molecule has 1 unspecified atom stereocenters. The molecular formula is C18H23NO. The second-order valence-electron chi connectivity index (χ2n) is 7.36. The summed E-state index contributed by atoms with van der Waals surface area (Å²) < 4.78 is 0. The number of rotatable bonds is 3. The lowest BCUT2D eigenvalue weighted by atomic mass is 9.50. The lowest BCUT2D eigenvalue weighted by Crippen LogP contribution is -2.48. The molecule has 1 atom stereocenters. The number of pyridine rings is 1. The fraction of sp³-hybridized carbons (Fsp3) is 0.667. The molecule has 0 radical (unpaired) electrons. The van der Waals surface area contributed by atoms with Crippen LogP contribution in [0.15, 0.2) is 24.5 Å². The molecule has 1 aromatic rings. The number of carbonyl (C=O) groups excluding carboxylic acids is 1. The van der Waals surface area contributed by atoms with E-state index in [0.29, 0.717) is 23.5 Å². The maximum Gasteiger partial charge on any atom is 0.143 e. The SMILES string of the molecule is CC(C(=O)C1C2CC3CC(C2)CC1C3)c1ccncc1. The molecule has 0 saturated heterocycles. The summed E-state index contributed by atoms with van der Waals surface area (Å²) in [5.74, 6) is 4.18. The Kier molecular flexibility index (Phi) is 2.94. The largest absolute Gasteiger partial charge is 0.299 e. The number of carbonyl (C=O) groups is 1. The number of nitrogens with zero attached hydrogens (tertiary/aromatic N) is 1. The van der Waals surface area contributed by atoms with Gasteiger partial charge in [-0.05, 0) is 73.5 Å². The molecule has 0 aromatic carbocycles. The Labute approximate surface area is 121 Å². The number of hydrogen-bond acceptors (Lipinski definition) is 2. The molecule has 1 heterocycles. The summed E-state index contributed by atoms with van der Waals surface area (Å²) in [6, 6.07) is 4.00. The van der Waals surface area contributed by atoms with Gasteiger partial charge in [0.2, 0.25) is 0 Å². The van der Waals surface area contributed by atoms with Crippen LogP contribution in [-0.2, 0) is 4.79 Å². The van der Waals surface area contributed by atoms with Crippen molar-refractivity contribution in [3.63, 3.8) is 0 Å². The summed E-state index contributed by atoms with van der Waals surface area (Å²) in [6.07, 6.45) is 10.4. The fourth-order valence-electron chi connectivity index (χ4n) is 5.49. The predicted octanol–water partition coefficient (Wildman–Crippen LogP) is 3.83. The molecule has 0 N–H and O–H groups in total. The summed E-state index contributed by atoms with van der Waals surface area (Å²) >= 11 is 0. The molecule has 0 amide bonds. The molecule has 0 aliphatic heterocycles. The van der Waals surface area contributed by atoms with Crippen molar-refractivity contribution in [3.8, 4) is 0 Å². The molecule has 106 valence electrons. The molecular weight excluding hydrogens is 246 g/mol. The Morgan fingerprint density at radius 2 is 1.60 bits per heavy atom. The van der Waals surface area contributed by atoms with Crippen molar-refractivity contribution < 1.29 is 4.79 Å². The lowest BCUT2D eigenvalue weighted by Gasteiger charge is -2.54. The quantitative estimate of drug-likeness (QED) is 0.834. The van der Waals surface area contributed by atoms with Crippen LogP contribution >= 0.6 is 0 Å². The molecule has 5 rings (SSSR count). The predicted molar refractivity (Wildman–Crippen MR) is 78.2 cm³/mol. The molecule has 4 aliphatic carbocycles. The van der Waals surface area contributed by atoms with E-state index in [-0.39, 0.29) is 5.92 Å². The molecule has 4 saturated carbocycles. The first kappa shape index (κ1) is 12.6. The van der Waals surface area contributed by atoms with Gasteiger partial charge in [0.25, 0.3) is 0 Å². The van der Waals surface area contributed by atoms with Crippen LogP contribution in [0.2, 0.25) is 0 Å². The van der Waals surface area contributed by atoms with Gasteiger partial charge >= 0.3 is 0 Å². The van der Waals surface area contributed by atoms with Gasteiger partial charge < -0.3 is 0 Å². The van der Waals surface area contributed by atoms with Crippen LogP contribution < -0.4 is 0 Å². The monoisotopic (exact) mass is 269 g/mol. The van der Waals surface area contributed by atoms with Crippen molar-refractivity contribution in [1.29, 1.82) is 0 Å². The van der Waals surface area contributed by atoms with Crippen molar-refractivity contribution in [2.45, 2.75) is 44.9 Å². The Bertz CT molecular complexity index is 481. The van der Waals surface area contributed by atoms with Crippen LogP contribution in [-0.4, -0.2) is 10.8 Å². The number of Topliss-reactive ketones (excluding diaryl/α,β-unsaturated/α-hetero) is 1. The highest BCUT2D eigenvalue weighted by Crippen LogP contribution is 2.57. The third-order valence-corrected chi connectivity index (χ3v) is 6.19. The third kappa shape index (κ3) is 1.92. The van der Waals surface area contributed by atoms with E-state index in [2.05, 4.69) is 11.9 Å². The average molecular weight is 269 g/mol. The maximum atomic E-state index is 13.0. The van der Waals surface area contributed by atoms with E-state index in [9.17, 15) is 4.79 Å². The van der Waals surface area contributed by atoms with Crippen molar-refractivity contribution >= 4 is 5.78 Å². The molecule has 2 nitrogen and oxygen atoms in total. The van der Waals surface area contributed by atoms with Crippen LogP contribution in [0.3, 0.4) is 0 Å². The molecule has 4 bridgehead atoms. The van der Waals surface area contributed by atoms with Gasteiger partial charge in [-0.15, -0.1) is 0 Å². The molecule has 20 heavy (non-hydrogen) atoms. The highest BCUT2D eigenvalue weighted by atomic mass is 16.1. The standard InChI is InChI=1S/C18H23NO/c1-11(14-2-4-19-5-3-14)18(20)17-15-7-12-6-13(9-15)10-16(17)8-12/h2-5,11-13,15-17H,6-10H2,1H3. The van der Waals surface area contributed by atoms with Gasteiger partial charge in [0, 0.05) is 24.2 Å². The number of aromatic nitrogens is 1. The van der Waals surface area contributed by atoms with Gasteiger partial charge in [-0.2, -0.15) is 0 Å². The highest BCUT2D eigenvalue weighted by Gasteiger charge is 2.51. The Morgan fingerprint density at radius 1 is 1.05 bits per heavy atom. The van der Waals surface area contributed by atoms with E-state index in [1.807, 2.05) is 12.1 Å². The van der Waals surface area contributed by atoms with Gasteiger partial charge in [-0.1, -0.05) is 6.92 Å². The molecule has 4 fully saturated rings. The van der Waals surface area contributed by atoms with E-state index in [0.717, 1.165) is 17.4 Å². The van der Waals surface area contributed by atoms with E-state index in [1.54, 1.807) is 12.4 Å². The summed E-state index contributed by atoms with van der Waals surface area (Å²) in [5, 5.41) is 0. The van der Waals surface area contributed by atoms with Crippen LogP contribution in [0.25, 0.3) is 0 Å². The summed E-state index contributed by atoms with van der Waals surface area (Å²) in [7, 11) is 0. The number of hydrogen-bond donors (Lipinski definition) is 0. The van der Waals surface area contributed by atoms with Gasteiger partial charge in [0.1, 0.15) is 5.78 Å². The molecule has 2 heteroatoms. The Hall–Kier alpha value is -1.18. The first-order valence-electron chi connectivity index (χ1n) is 8.16. The Morgan fingerprint density at radius 3 is 2.15 bits per heavy atom. The van der Waals surface area contributed by atoms with E-state index in [4.69, 9.17) is 0 Å². The topological polar surface area (TPSA) is 30.0 Å². The Balaban J connectivity index is 1.57. The molecule has 0 spiro atoms. The van der Waals surface area contributed by atoms with Gasteiger partial charge in [0.05, 0.1) is 0 Å². The van der Waals surface area contributed by atoms with Gasteiger partial charge in [0.15, 0.2) is 0 Å². The fourth-order valence-corrected chi connectivity index (χ4v) is 5.49. The smallest absolute Gasteiger partial charge is 0.143 e. The summed E-state index contributed by atoms with van der Waals surface area (Å²) in [5.41, 5.74) is 1.14. The second kappa shape index (κ2) is 4.68. The van der Waals surface area contributed by atoms with E-state index >= 15 is 0 Å². The van der Waals surface area contributed by atoms with Gasteiger partial charge in [-0.25, -0.2) is 0 Å². The van der Waals surface area contributed by atoms with Crippen molar-refractivity contribution in [3.05, 3.63) is 30.1 Å². The van der Waals surface area contributed by atoms with Gasteiger partial charge in [-0.3, -0.25) is 9.78 Å². The van der Waals surface area contributed by atoms with Crippen LogP contribution in [0, 0.1) is 29.6 Å². The second-order valence-corrected chi connectivity index (χ2v) is 7.36. The normalized spacial score (nSPS) is 39.8. The highest BCUT2D eigenvalue weighted by molar-refractivity contribution is 5.88. The van der Waals surface area contributed by atoms with E-state index < -0.39 is 0 Å². The van der Waals surface area contributed by atoms with Crippen molar-refractivity contribution in [2.24, 2.45) is 29.6 Å². The average Bonchev–Trinajstić information content (AvgIpc) is 2.46. The van der Waals surface area contributed by atoms with Crippen molar-refractivity contribution in [2.75, 3.05) is 0 Å². The maximum absolute atomic E-state index is 13.0. The molecule has 1 aromatic heterocycles. The first-order chi connectivity index (χ1) is 9.72. The minimum Gasteiger partial charge on any atom is -0.299 e. The zero-order valence-corrected chi connectivity index (χ0v) is 12.2. The zero-order valence-electron chi connectivity index (χ0n) is 12.2. The van der Waals surface area contributed by atoms with E-state index in [1.165, 1.54) is 32.1 Å². The number of ketones is 1. The first-order valence-corrected chi connectivity index (χ1v) is 8.16. The molecule has 4 aliphatic rings. The summed E-state index contributed by atoms with van der Waals surface area (Å²) in [4.78, 5) is 17.1. The third-order valence-electron chi connectivity index (χ3n) is 6.19. The van der Waals surface area contributed by atoms with Crippen LogP contribution in [0.1, 0.15) is 50.5 Å². The zero-order chi connectivity index (χ0) is 13.7. The minimum atomic E-state index is 0.0422. The minimum absolute atomic E-state index is 0.0422. The van der Waals surface area contributed by atoms with Crippen molar-refractivity contribution in [1.82, 2.24) is 4.98 Å². The lowest BCUT2D eigenvalue weighted by molar-refractivity contribution is -0.137. The summed E-state index contributed by atoms with van der Waals surface area (Å²) in [6.45, 7) is 2.09. The van der Waals surface area contributed by atoms with Crippen LogP contribution in [0.4, 0.5) is 0 Å². The van der Waals surface area contributed by atoms with Crippen LogP contribution in [0.5, 0.6) is 0 Å².